The average molecular weight is 587 g/mol. The SMILES string of the molecule is C1CCC2C3NC(NC4NC(NC5NC(NC6NC(N3)C3CCCCC63)C3CCCCC53)C3CCCCC43)C2C1.S. The highest BCUT2D eigenvalue weighted by Crippen LogP contribution is 2.45. The van der Waals surface area contributed by atoms with Crippen LogP contribution in [0, 0.1) is 47.3 Å². The van der Waals surface area contributed by atoms with Crippen molar-refractivity contribution in [3.8, 4) is 0 Å². The van der Waals surface area contributed by atoms with Crippen molar-refractivity contribution in [3.05, 3.63) is 0 Å². The van der Waals surface area contributed by atoms with Crippen LogP contribution >= 0.6 is 13.5 Å². The Balaban J connectivity index is 0.00000256. The van der Waals surface area contributed by atoms with Crippen molar-refractivity contribution in [1.82, 2.24) is 42.5 Å². The lowest BCUT2D eigenvalue weighted by Crippen LogP contribution is -2.61. The molecule has 41 heavy (non-hydrogen) atoms. The van der Waals surface area contributed by atoms with Gasteiger partial charge >= 0.3 is 0 Å². The van der Waals surface area contributed by atoms with Crippen LogP contribution < -0.4 is 42.5 Å². The predicted octanol–water partition coefficient (Wildman–Crippen LogP) is 2.72. The first-order valence-corrected chi connectivity index (χ1v) is 17.9. The zero-order valence-electron chi connectivity index (χ0n) is 25.1. The number of hydrogen-bond donors (Lipinski definition) is 8. The fraction of sp³-hybridized carbons (Fsp3) is 1.00. The Hall–Kier alpha value is 0.0300. The highest BCUT2D eigenvalue weighted by molar-refractivity contribution is 7.59. The van der Waals surface area contributed by atoms with Gasteiger partial charge in [0.15, 0.2) is 0 Å². The molecule has 8 nitrogen and oxygen atoms in total. The van der Waals surface area contributed by atoms with Crippen molar-refractivity contribution in [2.24, 2.45) is 47.3 Å². The molecule has 0 aromatic heterocycles. The maximum Gasteiger partial charge on any atom is 0.0628 e. The minimum atomic E-state index is 0. The minimum absolute atomic E-state index is 0. The molecule has 8 atom stereocenters. The Labute approximate surface area is 255 Å². The molecular weight excluding hydrogens is 528 g/mol. The maximum atomic E-state index is 4.26. The molecular formula is C32H58N8S. The summed E-state index contributed by atoms with van der Waals surface area (Å²) in [5, 5.41) is 33.8. The molecule has 0 amide bonds. The van der Waals surface area contributed by atoms with E-state index in [1.165, 1.54) is 103 Å². The molecule has 0 radical (unpaired) electrons. The topological polar surface area (TPSA) is 96.2 Å². The van der Waals surface area contributed by atoms with Crippen LogP contribution in [-0.2, 0) is 0 Å². The first kappa shape index (κ1) is 28.5. The second-order valence-electron chi connectivity index (χ2n) is 15.6. The van der Waals surface area contributed by atoms with Gasteiger partial charge in [-0.15, -0.1) is 0 Å². The van der Waals surface area contributed by atoms with Gasteiger partial charge in [-0.25, -0.2) is 0 Å². The van der Waals surface area contributed by atoms with Gasteiger partial charge in [-0.3, -0.25) is 42.5 Å². The third-order valence-electron chi connectivity index (χ3n) is 13.8. The number of rotatable bonds is 0. The van der Waals surface area contributed by atoms with Crippen LogP contribution in [0.25, 0.3) is 0 Å². The summed E-state index contributed by atoms with van der Waals surface area (Å²) in [5.41, 5.74) is 0. The van der Waals surface area contributed by atoms with Gasteiger partial charge in [0.05, 0.1) is 49.3 Å². The largest absolute Gasteiger partial charge is 0.286 e. The van der Waals surface area contributed by atoms with Crippen LogP contribution in [0.1, 0.15) is 103 Å². The molecule has 8 N–H and O–H groups in total. The van der Waals surface area contributed by atoms with E-state index in [0.29, 0.717) is 49.3 Å². The highest BCUT2D eigenvalue weighted by atomic mass is 32.1. The molecule has 8 unspecified atom stereocenters. The summed E-state index contributed by atoms with van der Waals surface area (Å²) in [6.45, 7) is 0. The van der Waals surface area contributed by atoms with Crippen LogP contribution in [-0.4, -0.2) is 49.3 Å². The molecule has 0 spiro atoms. The fourth-order valence-corrected chi connectivity index (χ4v) is 12.0. The van der Waals surface area contributed by atoms with Crippen molar-refractivity contribution in [3.63, 3.8) is 0 Å². The smallest absolute Gasteiger partial charge is 0.0628 e. The lowest BCUT2D eigenvalue weighted by atomic mass is 9.76. The van der Waals surface area contributed by atoms with Crippen LogP contribution in [0.3, 0.4) is 0 Å². The van der Waals surface area contributed by atoms with E-state index in [1.807, 2.05) is 0 Å². The average Bonchev–Trinajstić information content (AvgIpc) is 3.73. The molecule has 5 heterocycles. The first-order chi connectivity index (χ1) is 19.8. The lowest BCUT2D eigenvalue weighted by Gasteiger charge is -2.35. The summed E-state index contributed by atoms with van der Waals surface area (Å²) < 4.78 is 0. The summed E-state index contributed by atoms with van der Waals surface area (Å²) >= 11 is 0. The van der Waals surface area contributed by atoms with E-state index in [1.54, 1.807) is 0 Å². The van der Waals surface area contributed by atoms with Crippen LogP contribution in [0.5, 0.6) is 0 Å². The molecule has 0 aromatic carbocycles. The summed E-state index contributed by atoms with van der Waals surface area (Å²) in [5.74, 6) is 5.97. The maximum absolute atomic E-state index is 4.26. The zero-order valence-corrected chi connectivity index (χ0v) is 26.1. The van der Waals surface area contributed by atoms with Gasteiger partial charge in [-0.2, -0.15) is 13.5 Å². The summed E-state index contributed by atoms with van der Waals surface area (Å²) in [6.07, 6.45) is 25.6. The Morgan fingerprint density at radius 2 is 0.341 bits per heavy atom. The fourth-order valence-electron chi connectivity index (χ4n) is 12.0. The quantitative estimate of drug-likeness (QED) is 0.220. The monoisotopic (exact) mass is 586 g/mol. The predicted molar refractivity (Wildman–Crippen MR) is 168 cm³/mol. The lowest BCUT2D eigenvalue weighted by molar-refractivity contribution is 0.167. The van der Waals surface area contributed by atoms with Gasteiger partial charge < -0.3 is 0 Å². The van der Waals surface area contributed by atoms with E-state index >= 15 is 0 Å². The molecule has 9 heteroatoms. The molecule has 9 rings (SSSR count). The van der Waals surface area contributed by atoms with E-state index in [0.717, 1.165) is 47.3 Å². The number of nitrogens with one attached hydrogen (secondary N) is 8. The van der Waals surface area contributed by atoms with Gasteiger partial charge in [-0.1, -0.05) is 51.4 Å². The second kappa shape index (κ2) is 11.8. The molecule has 9 aliphatic rings. The molecule has 4 saturated carbocycles. The third kappa shape index (κ3) is 4.96. The summed E-state index contributed by atoms with van der Waals surface area (Å²) in [6, 6.07) is 0. The van der Waals surface area contributed by atoms with E-state index < -0.39 is 0 Å². The molecule has 8 bridgehead atoms. The summed E-state index contributed by atoms with van der Waals surface area (Å²) in [4.78, 5) is 0. The van der Waals surface area contributed by atoms with Gasteiger partial charge in [0.1, 0.15) is 0 Å². The van der Waals surface area contributed by atoms with Crippen LogP contribution in [0.4, 0.5) is 0 Å². The van der Waals surface area contributed by atoms with E-state index in [-0.39, 0.29) is 13.5 Å². The van der Waals surface area contributed by atoms with Crippen LogP contribution in [0.2, 0.25) is 0 Å². The van der Waals surface area contributed by atoms with Crippen molar-refractivity contribution in [1.29, 1.82) is 0 Å². The van der Waals surface area contributed by atoms with Crippen molar-refractivity contribution < 1.29 is 0 Å². The molecule has 232 valence electrons. The minimum Gasteiger partial charge on any atom is -0.286 e. The van der Waals surface area contributed by atoms with Gasteiger partial charge in [-0.05, 0) is 98.7 Å². The molecule has 5 aliphatic heterocycles. The van der Waals surface area contributed by atoms with Crippen LogP contribution in [0.15, 0.2) is 0 Å². The molecule has 0 aromatic rings. The normalized spacial score (nSPS) is 56.2. The van der Waals surface area contributed by atoms with Gasteiger partial charge in [0, 0.05) is 0 Å². The molecule has 4 aliphatic carbocycles. The van der Waals surface area contributed by atoms with Crippen molar-refractivity contribution in [2.75, 3.05) is 0 Å². The Morgan fingerprint density at radius 1 is 0.220 bits per heavy atom. The molecule has 5 saturated heterocycles. The van der Waals surface area contributed by atoms with Crippen molar-refractivity contribution in [2.45, 2.75) is 152 Å². The Bertz CT molecular complexity index is 716. The standard InChI is InChI=1S/C32H56N8.H2S/c1-2-10-18-17(9-1)25-33-26(18)38-28-21-13-5-6-14-22(21)30(35-28)40-32-24-16-8-7-15-23(24)31(36-32)39-29-20-12-4-3-11-19(20)27(34-29)37-25;/h17-40H,1-16H2;1H2. The first-order valence-electron chi connectivity index (χ1n) is 17.9. The summed E-state index contributed by atoms with van der Waals surface area (Å²) in [7, 11) is 0. The van der Waals surface area contributed by atoms with Gasteiger partial charge in [0.2, 0.25) is 0 Å². The van der Waals surface area contributed by atoms with E-state index in [4.69, 9.17) is 0 Å². The van der Waals surface area contributed by atoms with E-state index in [2.05, 4.69) is 42.5 Å². The Morgan fingerprint density at radius 3 is 0.463 bits per heavy atom. The molecule has 9 fully saturated rings. The third-order valence-corrected chi connectivity index (χ3v) is 13.8. The second-order valence-corrected chi connectivity index (χ2v) is 15.6. The van der Waals surface area contributed by atoms with Crippen molar-refractivity contribution >= 4 is 13.5 Å². The highest BCUT2D eigenvalue weighted by Gasteiger charge is 2.54. The number of hydrogen-bond acceptors (Lipinski definition) is 8. The Kier molecular flexibility index (Phi) is 8.17. The zero-order chi connectivity index (χ0) is 26.2. The number of fused-ring (bicyclic) bond motifs is 20. The van der Waals surface area contributed by atoms with E-state index in [9.17, 15) is 0 Å². The van der Waals surface area contributed by atoms with Gasteiger partial charge in [0.25, 0.3) is 0 Å².